The number of likely N-dealkylation sites (tertiary alicyclic amines) is 1. The van der Waals surface area contributed by atoms with Crippen LogP contribution in [0.2, 0.25) is 0 Å². The maximum atomic E-state index is 12.4. The minimum Gasteiger partial charge on any atom is -0.317 e. The summed E-state index contributed by atoms with van der Waals surface area (Å²) >= 11 is 0. The molecule has 6 heteroatoms. The predicted molar refractivity (Wildman–Crippen MR) is 77.6 cm³/mol. The molecule has 0 saturated carbocycles. The van der Waals surface area contributed by atoms with E-state index in [1.807, 2.05) is 0 Å². The molecule has 1 N–H and O–H groups in total. The third-order valence-corrected chi connectivity index (χ3v) is 6.38. The molecule has 1 atom stereocenters. The van der Waals surface area contributed by atoms with Crippen molar-refractivity contribution in [3.05, 3.63) is 0 Å². The number of nitrogens with one attached hydrogen (secondary N) is 1. The van der Waals surface area contributed by atoms with Gasteiger partial charge in [-0.25, -0.2) is 12.7 Å². The Bertz CT molecular complexity index is 379. The molecule has 2 heterocycles. The Hall–Kier alpha value is -0.170. The van der Waals surface area contributed by atoms with Crippen LogP contribution in [0.5, 0.6) is 0 Å². The van der Waals surface area contributed by atoms with Crippen LogP contribution >= 0.6 is 0 Å². The van der Waals surface area contributed by atoms with Gasteiger partial charge in [-0.3, -0.25) is 0 Å². The van der Waals surface area contributed by atoms with Crippen molar-refractivity contribution in [3.8, 4) is 0 Å². The molecule has 0 aromatic heterocycles. The van der Waals surface area contributed by atoms with Gasteiger partial charge in [-0.05, 0) is 57.8 Å². The zero-order chi connectivity index (χ0) is 13.9. The van der Waals surface area contributed by atoms with E-state index in [9.17, 15) is 8.42 Å². The average molecular weight is 289 g/mol. The van der Waals surface area contributed by atoms with E-state index in [2.05, 4.69) is 17.3 Å². The lowest BCUT2D eigenvalue weighted by atomic mass is 10.0. The second-order valence-corrected chi connectivity index (χ2v) is 8.29. The molecular formula is C13H27N3O2S. The van der Waals surface area contributed by atoms with Gasteiger partial charge in [-0.15, -0.1) is 0 Å². The summed E-state index contributed by atoms with van der Waals surface area (Å²) in [6.07, 6.45) is 3.09. The van der Waals surface area contributed by atoms with Crippen molar-refractivity contribution in [1.29, 1.82) is 0 Å². The van der Waals surface area contributed by atoms with Crippen molar-refractivity contribution >= 4 is 10.0 Å². The quantitative estimate of drug-likeness (QED) is 0.785. The topological polar surface area (TPSA) is 52.7 Å². The van der Waals surface area contributed by atoms with Crippen molar-refractivity contribution in [3.63, 3.8) is 0 Å². The van der Waals surface area contributed by atoms with Crippen LogP contribution in [-0.2, 0) is 10.0 Å². The van der Waals surface area contributed by atoms with Crippen LogP contribution in [0.1, 0.15) is 19.3 Å². The standard InChI is InChI=1S/C13H27N3O2S/c1-15-8-5-13(9-15)10-16(2)19(17,18)11-12-3-6-14-7-4-12/h12-14H,3-11H2,1-2H3. The van der Waals surface area contributed by atoms with Gasteiger partial charge in [0.2, 0.25) is 10.0 Å². The Morgan fingerprint density at radius 2 is 1.89 bits per heavy atom. The second-order valence-electron chi connectivity index (χ2n) is 6.17. The van der Waals surface area contributed by atoms with E-state index >= 15 is 0 Å². The Morgan fingerprint density at radius 3 is 2.47 bits per heavy atom. The summed E-state index contributed by atoms with van der Waals surface area (Å²) < 4.78 is 26.3. The summed E-state index contributed by atoms with van der Waals surface area (Å²) in [6.45, 7) is 4.70. The summed E-state index contributed by atoms with van der Waals surface area (Å²) in [6, 6.07) is 0. The molecule has 5 nitrogen and oxygen atoms in total. The highest BCUT2D eigenvalue weighted by atomic mass is 32.2. The molecule has 0 amide bonds. The van der Waals surface area contributed by atoms with Gasteiger partial charge in [0.15, 0.2) is 0 Å². The first kappa shape index (κ1) is 15.2. The third-order valence-electron chi connectivity index (χ3n) is 4.38. The van der Waals surface area contributed by atoms with E-state index in [4.69, 9.17) is 0 Å². The van der Waals surface area contributed by atoms with E-state index in [0.717, 1.165) is 45.4 Å². The SMILES string of the molecule is CN1CCC(CN(C)S(=O)(=O)CC2CCNCC2)C1. The monoisotopic (exact) mass is 289 g/mol. The maximum Gasteiger partial charge on any atom is 0.214 e. The molecule has 0 aromatic carbocycles. The lowest BCUT2D eigenvalue weighted by Gasteiger charge is -2.26. The van der Waals surface area contributed by atoms with Gasteiger partial charge in [-0.2, -0.15) is 0 Å². The number of hydrogen-bond donors (Lipinski definition) is 1. The van der Waals surface area contributed by atoms with Gasteiger partial charge in [0.05, 0.1) is 5.75 Å². The molecule has 2 rings (SSSR count). The summed E-state index contributed by atoms with van der Waals surface area (Å²) in [5, 5.41) is 3.28. The molecular weight excluding hydrogens is 262 g/mol. The van der Waals surface area contributed by atoms with Crippen LogP contribution < -0.4 is 5.32 Å². The Balaban J connectivity index is 1.83. The first-order valence-electron chi connectivity index (χ1n) is 7.30. The van der Waals surface area contributed by atoms with Crippen LogP contribution in [0, 0.1) is 11.8 Å². The average Bonchev–Trinajstić information content (AvgIpc) is 2.75. The highest BCUT2D eigenvalue weighted by molar-refractivity contribution is 7.89. The Morgan fingerprint density at radius 1 is 1.21 bits per heavy atom. The van der Waals surface area contributed by atoms with Crippen LogP contribution in [0.15, 0.2) is 0 Å². The van der Waals surface area contributed by atoms with E-state index in [1.54, 1.807) is 11.4 Å². The van der Waals surface area contributed by atoms with Crippen LogP contribution in [-0.4, -0.2) is 70.2 Å². The molecule has 0 bridgehead atoms. The number of piperidine rings is 1. The minimum absolute atomic E-state index is 0.327. The molecule has 112 valence electrons. The van der Waals surface area contributed by atoms with Crippen LogP contribution in [0.4, 0.5) is 0 Å². The summed E-state index contributed by atoms with van der Waals surface area (Å²) in [4.78, 5) is 2.28. The first-order chi connectivity index (χ1) is 8.97. The molecule has 1 unspecified atom stereocenters. The fourth-order valence-corrected chi connectivity index (χ4v) is 4.75. The largest absolute Gasteiger partial charge is 0.317 e. The molecule has 2 aliphatic heterocycles. The van der Waals surface area contributed by atoms with Gasteiger partial charge >= 0.3 is 0 Å². The van der Waals surface area contributed by atoms with E-state index < -0.39 is 10.0 Å². The number of nitrogens with zero attached hydrogens (tertiary/aromatic N) is 2. The van der Waals surface area contributed by atoms with E-state index in [-0.39, 0.29) is 0 Å². The fraction of sp³-hybridized carbons (Fsp3) is 1.00. The van der Waals surface area contributed by atoms with Crippen molar-refractivity contribution in [1.82, 2.24) is 14.5 Å². The Kier molecular flexibility index (Phi) is 5.22. The summed E-state index contributed by atoms with van der Waals surface area (Å²) in [5.41, 5.74) is 0. The normalized spacial score (nSPS) is 27.2. The molecule has 0 spiro atoms. The molecule has 2 fully saturated rings. The molecule has 0 radical (unpaired) electrons. The number of hydrogen-bond acceptors (Lipinski definition) is 4. The lowest BCUT2D eigenvalue weighted by Crippen LogP contribution is -2.38. The third kappa shape index (κ3) is 4.41. The van der Waals surface area contributed by atoms with Crippen molar-refractivity contribution in [2.75, 3.05) is 52.6 Å². The van der Waals surface area contributed by atoms with Gasteiger partial charge in [0, 0.05) is 20.1 Å². The molecule has 2 aliphatic rings. The number of sulfonamides is 1. The predicted octanol–water partition coefficient (Wildman–Crippen LogP) is 0.199. The van der Waals surface area contributed by atoms with E-state index in [1.165, 1.54) is 0 Å². The van der Waals surface area contributed by atoms with Gasteiger partial charge in [0.1, 0.15) is 0 Å². The summed E-state index contributed by atoms with van der Waals surface area (Å²) in [7, 11) is 0.768. The van der Waals surface area contributed by atoms with Crippen LogP contribution in [0.25, 0.3) is 0 Å². The van der Waals surface area contributed by atoms with Crippen molar-refractivity contribution in [2.45, 2.75) is 19.3 Å². The highest BCUT2D eigenvalue weighted by Crippen LogP contribution is 2.19. The molecule has 2 saturated heterocycles. The smallest absolute Gasteiger partial charge is 0.214 e. The van der Waals surface area contributed by atoms with Crippen molar-refractivity contribution < 1.29 is 8.42 Å². The van der Waals surface area contributed by atoms with E-state index in [0.29, 0.717) is 24.1 Å². The zero-order valence-corrected chi connectivity index (χ0v) is 13.0. The van der Waals surface area contributed by atoms with Crippen molar-refractivity contribution in [2.24, 2.45) is 11.8 Å². The first-order valence-corrected chi connectivity index (χ1v) is 8.91. The zero-order valence-electron chi connectivity index (χ0n) is 12.1. The Labute approximate surface area is 117 Å². The molecule has 0 aliphatic carbocycles. The number of rotatable bonds is 5. The maximum absolute atomic E-state index is 12.4. The van der Waals surface area contributed by atoms with Gasteiger partial charge in [0.25, 0.3) is 0 Å². The second kappa shape index (κ2) is 6.52. The minimum atomic E-state index is -3.08. The molecule has 19 heavy (non-hydrogen) atoms. The highest BCUT2D eigenvalue weighted by Gasteiger charge is 2.28. The fourth-order valence-electron chi connectivity index (χ4n) is 3.13. The van der Waals surface area contributed by atoms with Gasteiger partial charge < -0.3 is 10.2 Å². The van der Waals surface area contributed by atoms with Gasteiger partial charge in [-0.1, -0.05) is 0 Å². The summed E-state index contributed by atoms with van der Waals surface area (Å²) in [5.74, 6) is 1.16. The lowest BCUT2D eigenvalue weighted by molar-refractivity contribution is 0.349. The van der Waals surface area contributed by atoms with Crippen LogP contribution in [0.3, 0.4) is 0 Å². The molecule has 0 aromatic rings.